The molecule has 8 heteroatoms. The molecule has 0 bridgehead atoms. The molecule has 1 rings (SSSR count). The maximum atomic E-state index is 11.5. The van der Waals surface area contributed by atoms with Crippen LogP contribution in [0.1, 0.15) is 19.5 Å². The van der Waals surface area contributed by atoms with Gasteiger partial charge in [0, 0.05) is 26.3 Å². The zero-order valence-corrected chi connectivity index (χ0v) is 14.6. The Morgan fingerprint density at radius 3 is 2.65 bits per heavy atom. The van der Waals surface area contributed by atoms with Crippen LogP contribution in [0.25, 0.3) is 0 Å². The molecule has 114 valence electrons. The van der Waals surface area contributed by atoms with Gasteiger partial charge in [-0.3, -0.25) is 14.5 Å². The van der Waals surface area contributed by atoms with Gasteiger partial charge in [0.1, 0.15) is 0 Å². The lowest BCUT2D eigenvalue weighted by atomic mass is 10.4. The van der Waals surface area contributed by atoms with Crippen LogP contribution in [0.2, 0.25) is 0 Å². The first-order valence-corrected chi connectivity index (χ1v) is 6.23. The van der Waals surface area contributed by atoms with E-state index in [1.807, 2.05) is 27.0 Å². The van der Waals surface area contributed by atoms with Crippen LogP contribution in [0.4, 0.5) is 0 Å². The van der Waals surface area contributed by atoms with Gasteiger partial charge in [0.15, 0.2) is 5.96 Å². The number of hydrogen-bond donors (Lipinski definition) is 3. The summed E-state index contributed by atoms with van der Waals surface area (Å²) >= 11 is 0. The largest absolute Gasteiger partial charge is 0.352 e. The first kappa shape index (κ1) is 18.7. The zero-order chi connectivity index (χ0) is 14.3. The van der Waals surface area contributed by atoms with E-state index in [0.29, 0.717) is 12.5 Å². The fourth-order valence-electron chi connectivity index (χ4n) is 1.51. The number of carbonyl (C=O) groups is 1. The van der Waals surface area contributed by atoms with Crippen molar-refractivity contribution in [3.63, 3.8) is 0 Å². The number of nitrogens with one attached hydrogen (secondary N) is 3. The Morgan fingerprint density at radius 1 is 1.45 bits per heavy atom. The molecule has 1 aromatic heterocycles. The molecule has 0 saturated carbocycles. The highest BCUT2D eigenvalue weighted by atomic mass is 127. The van der Waals surface area contributed by atoms with Gasteiger partial charge in [-0.2, -0.15) is 5.10 Å². The first-order valence-electron chi connectivity index (χ1n) is 6.23. The van der Waals surface area contributed by atoms with E-state index < -0.39 is 0 Å². The highest BCUT2D eigenvalue weighted by Gasteiger charge is 2.05. The lowest BCUT2D eigenvalue weighted by Crippen LogP contribution is -2.44. The van der Waals surface area contributed by atoms with Gasteiger partial charge in [-0.05, 0) is 19.9 Å². The van der Waals surface area contributed by atoms with Crippen molar-refractivity contribution in [2.75, 3.05) is 13.6 Å². The van der Waals surface area contributed by atoms with Gasteiger partial charge in [0.05, 0.1) is 18.8 Å². The summed E-state index contributed by atoms with van der Waals surface area (Å²) in [6.45, 7) is 4.64. The Hall–Kier alpha value is -1.32. The zero-order valence-electron chi connectivity index (χ0n) is 12.3. The SMILES string of the molecule is CN=C(NCC(=O)NC(C)C)NCc1ccnn1C.I. The van der Waals surface area contributed by atoms with Crippen LogP contribution < -0.4 is 16.0 Å². The van der Waals surface area contributed by atoms with Crippen molar-refractivity contribution in [3.8, 4) is 0 Å². The Kier molecular flexibility index (Phi) is 8.93. The van der Waals surface area contributed by atoms with Crippen LogP contribution >= 0.6 is 24.0 Å². The summed E-state index contributed by atoms with van der Waals surface area (Å²) < 4.78 is 1.78. The van der Waals surface area contributed by atoms with Gasteiger partial charge in [0.2, 0.25) is 5.91 Å². The molecular weight excluding hydrogens is 371 g/mol. The molecule has 0 aliphatic heterocycles. The molecule has 20 heavy (non-hydrogen) atoms. The molecule has 0 atom stereocenters. The maximum Gasteiger partial charge on any atom is 0.239 e. The number of guanidine groups is 1. The summed E-state index contributed by atoms with van der Waals surface area (Å²) in [6.07, 6.45) is 1.74. The second-order valence-corrected chi connectivity index (χ2v) is 4.45. The summed E-state index contributed by atoms with van der Waals surface area (Å²) in [4.78, 5) is 15.5. The number of amides is 1. The molecule has 0 aliphatic carbocycles. The fourth-order valence-corrected chi connectivity index (χ4v) is 1.51. The third-order valence-electron chi connectivity index (χ3n) is 2.45. The number of hydrogen-bond acceptors (Lipinski definition) is 3. The highest BCUT2D eigenvalue weighted by molar-refractivity contribution is 14.0. The quantitative estimate of drug-likeness (QED) is 0.379. The van der Waals surface area contributed by atoms with E-state index in [0.717, 1.165) is 5.69 Å². The summed E-state index contributed by atoms with van der Waals surface area (Å²) in [5, 5.41) is 13.0. The van der Waals surface area contributed by atoms with Crippen LogP contribution in [0.5, 0.6) is 0 Å². The minimum absolute atomic E-state index is 0. The third-order valence-corrected chi connectivity index (χ3v) is 2.45. The van der Waals surface area contributed by atoms with Crippen molar-refractivity contribution < 1.29 is 4.79 Å². The number of carbonyl (C=O) groups excluding carboxylic acids is 1. The molecule has 1 heterocycles. The smallest absolute Gasteiger partial charge is 0.239 e. The molecule has 1 amide bonds. The van der Waals surface area contributed by atoms with Crippen LogP contribution in [0, 0.1) is 0 Å². The van der Waals surface area contributed by atoms with Crippen molar-refractivity contribution in [1.82, 2.24) is 25.7 Å². The predicted octanol–water partition coefficient (Wildman–Crippen LogP) is 0.228. The Labute approximate surface area is 136 Å². The van der Waals surface area contributed by atoms with E-state index in [1.165, 1.54) is 0 Å². The second-order valence-electron chi connectivity index (χ2n) is 4.45. The maximum absolute atomic E-state index is 11.5. The van der Waals surface area contributed by atoms with Crippen molar-refractivity contribution in [1.29, 1.82) is 0 Å². The standard InChI is InChI=1S/C12H22N6O.HI/c1-9(2)17-11(19)8-15-12(13-3)14-7-10-5-6-16-18(10)4;/h5-6,9H,7-8H2,1-4H3,(H,17,19)(H2,13,14,15);1H. The fraction of sp³-hybridized carbons (Fsp3) is 0.583. The lowest BCUT2D eigenvalue weighted by Gasteiger charge is -2.13. The van der Waals surface area contributed by atoms with Crippen molar-refractivity contribution in [2.24, 2.45) is 12.0 Å². The first-order chi connectivity index (χ1) is 9.02. The predicted molar refractivity (Wildman–Crippen MR) is 90.1 cm³/mol. The molecule has 1 aromatic rings. The van der Waals surface area contributed by atoms with Crippen LogP contribution in [-0.4, -0.2) is 41.3 Å². The van der Waals surface area contributed by atoms with Gasteiger partial charge in [-0.15, -0.1) is 24.0 Å². The molecule has 0 spiro atoms. The minimum atomic E-state index is -0.0570. The summed E-state index contributed by atoms with van der Waals surface area (Å²) in [5.41, 5.74) is 1.04. The van der Waals surface area contributed by atoms with E-state index in [-0.39, 0.29) is 42.5 Å². The van der Waals surface area contributed by atoms with Gasteiger partial charge < -0.3 is 16.0 Å². The molecule has 0 unspecified atom stereocenters. The van der Waals surface area contributed by atoms with E-state index in [1.54, 1.807) is 17.9 Å². The number of halogens is 1. The van der Waals surface area contributed by atoms with E-state index in [9.17, 15) is 4.79 Å². The van der Waals surface area contributed by atoms with Gasteiger partial charge in [0.25, 0.3) is 0 Å². The summed E-state index contributed by atoms with van der Waals surface area (Å²) in [5.74, 6) is 0.526. The van der Waals surface area contributed by atoms with Crippen LogP contribution in [0.15, 0.2) is 17.3 Å². The molecular formula is C12H23IN6O. The average molecular weight is 394 g/mol. The molecule has 0 aliphatic rings. The summed E-state index contributed by atoms with van der Waals surface area (Å²) in [6, 6.07) is 2.06. The Morgan fingerprint density at radius 2 is 2.15 bits per heavy atom. The highest BCUT2D eigenvalue weighted by Crippen LogP contribution is 1.94. The van der Waals surface area contributed by atoms with E-state index in [4.69, 9.17) is 0 Å². The van der Waals surface area contributed by atoms with Gasteiger partial charge in [-0.25, -0.2) is 0 Å². The number of nitrogens with zero attached hydrogens (tertiary/aromatic N) is 3. The Balaban J connectivity index is 0.00000361. The Bertz CT molecular complexity index is 443. The van der Waals surface area contributed by atoms with E-state index in [2.05, 4.69) is 26.0 Å². The van der Waals surface area contributed by atoms with Crippen LogP contribution in [-0.2, 0) is 18.4 Å². The molecule has 7 nitrogen and oxygen atoms in total. The molecule has 3 N–H and O–H groups in total. The van der Waals surface area contributed by atoms with Crippen LogP contribution in [0.3, 0.4) is 0 Å². The summed E-state index contributed by atoms with van der Waals surface area (Å²) in [7, 11) is 3.54. The molecule has 0 aromatic carbocycles. The monoisotopic (exact) mass is 394 g/mol. The number of aliphatic imine (C=N–C) groups is 1. The molecule has 0 saturated heterocycles. The molecule has 0 radical (unpaired) electrons. The number of aromatic nitrogens is 2. The van der Waals surface area contributed by atoms with Crippen molar-refractivity contribution in [3.05, 3.63) is 18.0 Å². The topological polar surface area (TPSA) is 83.3 Å². The minimum Gasteiger partial charge on any atom is -0.352 e. The average Bonchev–Trinajstić information content (AvgIpc) is 2.74. The normalized spacial score (nSPS) is 10.9. The second kappa shape index (κ2) is 9.56. The number of aryl methyl sites for hydroxylation is 1. The molecule has 0 fully saturated rings. The van der Waals surface area contributed by atoms with Gasteiger partial charge in [-0.1, -0.05) is 0 Å². The van der Waals surface area contributed by atoms with Crippen molar-refractivity contribution in [2.45, 2.75) is 26.4 Å². The number of rotatable bonds is 5. The van der Waals surface area contributed by atoms with E-state index >= 15 is 0 Å². The third kappa shape index (κ3) is 6.73. The van der Waals surface area contributed by atoms with Gasteiger partial charge >= 0.3 is 0 Å². The lowest BCUT2D eigenvalue weighted by molar-refractivity contribution is -0.120. The van der Waals surface area contributed by atoms with Crippen molar-refractivity contribution >= 4 is 35.8 Å².